The number of benzene rings is 1. The summed E-state index contributed by atoms with van der Waals surface area (Å²) in [6.07, 6.45) is 1.90. The molecule has 1 heterocycles. The molecule has 172 valence electrons. The second-order valence-electron chi connectivity index (χ2n) is 7.30. The lowest BCUT2D eigenvalue weighted by atomic mass is 9.93. The van der Waals surface area contributed by atoms with Gasteiger partial charge in [0.15, 0.2) is 0 Å². The van der Waals surface area contributed by atoms with Gasteiger partial charge in [0.25, 0.3) is 0 Å². The zero-order valence-corrected chi connectivity index (χ0v) is 16.9. The number of hydrogen-bond donors (Lipinski definition) is 3. The van der Waals surface area contributed by atoms with E-state index < -0.39 is 36.0 Å². The topological polar surface area (TPSA) is 96.2 Å². The number of halogens is 3. The number of carboxylic acids is 1. The predicted molar refractivity (Wildman–Crippen MR) is 107 cm³/mol. The molecular weight excluding hydrogens is 417 g/mol. The number of alkyl halides is 3. The highest BCUT2D eigenvalue weighted by Crippen LogP contribution is 2.31. The molecule has 31 heavy (non-hydrogen) atoms. The van der Waals surface area contributed by atoms with E-state index in [9.17, 15) is 28.2 Å². The summed E-state index contributed by atoms with van der Waals surface area (Å²) in [5, 5.41) is 28.8. The number of hydrogen-bond acceptors (Lipinski definition) is 5. The third-order valence-corrected chi connectivity index (χ3v) is 4.84. The number of aliphatic carboxylic acids is 1. The minimum absolute atomic E-state index is 0.00220. The first kappa shape index (κ1) is 24.9. The van der Waals surface area contributed by atoms with Gasteiger partial charge in [-0.25, -0.2) is 0 Å². The smallest absolute Gasteiger partial charge is 0.416 e. The fourth-order valence-corrected chi connectivity index (χ4v) is 3.20. The summed E-state index contributed by atoms with van der Waals surface area (Å²) in [7, 11) is 0. The molecule has 0 aromatic heterocycles. The minimum atomic E-state index is -4.47. The molecule has 2 rings (SSSR count). The average molecular weight is 444 g/mol. The zero-order valence-electron chi connectivity index (χ0n) is 16.9. The van der Waals surface area contributed by atoms with Crippen LogP contribution in [0.15, 0.2) is 48.6 Å². The van der Waals surface area contributed by atoms with Crippen LogP contribution in [0.2, 0.25) is 0 Å². The Morgan fingerprint density at radius 3 is 2.74 bits per heavy atom. The van der Waals surface area contributed by atoms with Gasteiger partial charge < -0.3 is 24.8 Å². The summed E-state index contributed by atoms with van der Waals surface area (Å²) in [6.45, 7) is -0.0662. The summed E-state index contributed by atoms with van der Waals surface area (Å²) in [5.41, 5.74) is -0.830. The summed E-state index contributed by atoms with van der Waals surface area (Å²) < 4.78 is 49.0. The average Bonchev–Trinajstić information content (AvgIpc) is 3.06. The summed E-state index contributed by atoms with van der Waals surface area (Å²) in [4.78, 5) is 10.5. The monoisotopic (exact) mass is 444 g/mol. The first-order valence-electron chi connectivity index (χ1n) is 9.99. The van der Waals surface area contributed by atoms with Crippen LogP contribution in [0, 0.1) is 5.92 Å². The molecule has 0 amide bonds. The molecule has 0 saturated carbocycles. The Morgan fingerprint density at radius 1 is 1.29 bits per heavy atom. The molecule has 0 spiro atoms. The fraction of sp³-hybridized carbons (Fsp3) is 0.500. The molecule has 1 aromatic carbocycles. The Hall–Kier alpha value is -2.36. The van der Waals surface area contributed by atoms with Crippen LogP contribution in [0.4, 0.5) is 13.2 Å². The molecule has 0 radical (unpaired) electrons. The van der Waals surface area contributed by atoms with Crippen molar-refractivity contribution in [2.75, 3.05) is 13.2 Å². The number of rotatable bonds is 11. The van der Waals surface area contributed by atoms with Crippen molar-refractivity contribution in [1.82, 2.24) is 0 Å². The molecule has 1 fully saturated rings. The van der Waals surface area contributed by atoms with Crippen LogP contribution < -0.4 is 4.74 Å². The second kappa shape index (κ2) is 11.9. The third kappa shape index (κ3) is 8.72. The Morgan fingerprint density at radius 2 is 2.03 bits per heavy atom. The van der Waals surface area contributed by atoms with Crippen molar-refractivity contribution in [1.29, 1.82) is 0 Å². The largest absolute Gasteiger partial charge is 0.491 e. The van der Waals surface area contributed by atoms with E-state index in [-0.39, 0.29) is 31.3 Å². The molecule has 1 aromatic rings. The number of carboxylic acid groups (broad SMARTS) is 1. The molecule has 0 bridgehead atoms. The molecule has 0 unspecified atom stereocenters. The standard InChI is InChI=1S/C22H27F3O6/c23-22(24,25)15-6-5-7-17(12-15)30-13-16(26)10-11-20-18(19(27)14-31-20)8-3-1-2-4-9-21(28)29/h1-2,5-7,10-12,16,18-20,26-27H,3-4,8-9,13-14H2,(H,28,29)/b2-1-,11-10+/t16-,18+,19+,20-/m1/s1. The lowest BCUT2D eigenvalue weighted by molar-refractivity contribution is -0.138. The first-order chi connectivity index (χ1) is 14.7. The number of carbonyl (C=O) groups is 1. The van der Waals surface area contributed by atoms with Crippen LogP contribution >= 0.6 is 0 Å². The fourth-order valence-electron chi connectivity index (χ4n) is 3.20. The van der Waals surface area contributed by atoms with Crippen LogP contribution in [0.1, 0.15) is 31.2 Å². The van der Waals surface area contributed by atoms with E-state index in [1.807, 2.05) is 6.08 Å². The van der Waals surface area contributed by atoms with Crippen molar-refractivity contribution in [2.24, 2.45) is 5.92 Å². The predicted octanol–water partition coefficient (Wildman–Crippen LogP) is 3.58. The molecule has 6 nitrogen and oxygen atoms in total. The zero-order chi connectivity index (χ0) is 22.9. The Labute approximate surface area is 178 Å². The van der Waals surface area contributed by atoms with E-state index in [0.29, 0.717) is 19.3 Å². The molecule has 9 heteroatoms. The van der Waals surface area contributed by atoms with Gasteiger partial charge in [-0.3, -0.25) is 4.79 Å². The number of allylic oxidation sites excluding steroid dienone is 2. The first-order valence-corrected chi connectivity index (χ1v) is 9.99. The highest BCUT2D eigenvalue weighted by molar-refractivity contribution is 5.66. The van der Waals surface area contributed by atoms with E-state index in [2.05, 4.69) is 0 Å². The SMILES string of the molecule is O=C(O)CC/C=C\CC[C@H]1[C@@H](O)CO[C@@H]1/C=C/[C@@H](O)COc1cccc(C(F)(F)F)c1. The van der Waals surface area contributed by atoms with Gasteiger partial charge in [0.1, 0.15) is 18.5 Å². The van der Waals surface area contributed by atoms with Crippen LogP contribution in [0.3, 0.4) is 0 Å². The van der Waals surface area contributed by atoms with Crippen LogP contribution in [0.25, 0.3) is 0 Å². The molecule has 1 saturated heterocycles. The van der Waals surface area contributed by atoms with Crippen molar-refractivity contribution < 1.29 is 42.8 Å². The Bertz CT molecular complexity index is 762. The molecule has 1 aliphatic heterocycles. The van der Waals surface area contributed by atoms with E-state index in [0.717, 1.165) is 12.1 Å². The molecule has 0 aliphatic carbocycles. The maximum absolute atomic E-state index is 12.7. The lowest BCUT2D eigenvalue weighted by Crippen LogP contribution is -2.23. The molecule has 3 N–H and O–H groups in total. The van der Waals surface area contributed by atoms with E-state index >= 15 is 0 Å². The second-order valence-corrected chi connectivity index (χ2v) is 7.30. The number of aliphatic hydroxyl groups excluding tert-OH is 2. The Balaban J connectivity index is 1.80. The summed E-state index contributed by atoms with van der Waals surface area (Å²) >= 11 is 0. The van der Waals surface area contributed by atoms with Crippen LogP contribution in [-0.4, -0.2) is 52.8 Å². The van der Waals surface area contributed by atoms with Crippen molar-refractivity contribution in [3.05, 3.63) is 54.1 Å². The van der Waals surface area contributed by atoms with E-state index in [4.69, 9.17) is 14.6 Å². The van der Waals surface area contributed by atoms with Crippen molar-refractivity contribution in [3.8, 4) is 5.75 Å². The van der Waals surface area contributed by atoms with Crippen molar-refractivity contribution in [2.45, 2.75) is 50.2 Å². The van der Waals surface area contributed by atoms with Gasteiger partial charge in [0.05, 0.1) is 24.4 Å². The maximum Gasteiger partial charge on any atom is 0.416 e. The number of ether oxygens (including phenoxy) is 2. The summed E-state index contributed by atoms with van der Waals surface area (Å²) in [5.74, 6) is -1.04. The highest BCUT2D eigenvalue weighted by Gasteiger charge is 2.34. The van der Waals surface area contributed by atoms with E-state index in [1.54, 1.807) is 12.2 Å². The lowest BCUT2D eigenvalue weighted by Gasteiger charge is -2.17. The van der Waals surface area contributed by atoms with Gasteiger partial charge in [-0.05, 0) is 37.5 Å². The van der Waals surface area contributed by atoms with Gasteiger partial charge >= 0.3 is 12.1 Å². The van der Waals surface area contributed by atoms with Gasteiger partial charge in [0, 0.05) is 12.3 Å². The van der Waals surface area contributed by atoms with Gasteiger partial charge in [-0.1, -0.05) is 30.4 Å². The summed E-state index contributed by atoms with van der Waals surface area (Å²) in [6, 6.07) is 4.41. The van der Waals surface area contributed by atoms with Crippen LogP contribution in [-0.2, 0) is 15.7 Å². The van der Waals surface area contributed by atoms with Crippen LogP contribution in [0.5, 0.6) is 5.75 Å². The van der Waals surface area contributed by atoms with Gasteiger partial charge in [-0.2, -0.15) is 13.2 Å². The minimum Gasteiger partial charge on any atom is -0.491 e. The van der Waals surface area contributed by atoms with Gasteiger partial charge in [-0.15, -0.1) is 0 Å². The Kier molecular flexibility index (Phi) is 9.54. The van der Waals surface area contributed by atoms with Crippen molar-refractivity contribution in [3.63, 3.8) is 0 Å². The quantitative estimate of drug-likeness (QED) is 0.452. The normalized spacial score (nSPS) is 22.9. The van der Waals surface area contributed by atoms with Crippen molar-refractivity contribution >= 4 is 5.97 Å². The molecule has 1 aliphatic rings. The third-order valence-electron chi connectivity index (χ3n) is 4.84. The molecule has 4 atom stereocenters. The van der Waals surface area contributed by atoms with E-state index in [1.165, 1.54) is 18.2 Å². The van der Waals surface area contributed by atoms with Gasteiger partial charge in [0.2, 0.25) is 0 Å². The highest BCUT2D eigenvalue weighted by atomic mass is 19.4. The number of aliphatic hydroxyl groups is 2. The molecular formula is C22H27F3O6. The maximum atomic E-state index is 12.7.